The van der Waals surface area contributed by atoms with E-state index in [2.05, 4.69) is 15.2 Å². The van der Waals surface area contributed by atoms with Crippen LogP contribution in [0.2, 0.25) is 10.0 Å². The molecular formula is C17H15Cl2F3N4. The maximum Gasteiger partial charge on any atom is 0.416 e. The Morgan fingerprint density at radius 2 is 1.62 bits per heavy atom. The van der Waals surface area contributed by atoms with E-state index in [1.165, 1.54) is 12.1 Å². The molecule has 9 heteroatoms. The number of hydrogen-bond acceptors (Lipinski definition) is 3. The first-order valence-corrected chi connectivity index (χ1v) is 8.62. The van der Waals surface area contributed by atoms with Gasteiger partial charge >= 0.3 is 6.18 Å². The maximum atomic E-state index is 12.7. The molecule has 1 saturated heterocycles. The van der Waals surface area contributed by atoms with Gasteiger partial charge in [-0.05, 0) is 36.4 Å². The summed E-state index contributed by atoms with van der Waals surface area (Å²) in [7, 11) is 0. The molecule has 1 fully saturated rings. The topological polar surface area (TPSA) is 31.2 Å². The summed E-state index contributed by atoms with van der Waals surface area (Å²) in [5, 5.41) is 10.7. The van der Waals surface area contributed by atoms with Crippen LogP contribution in [0.5, 0.6) is 0 Å². The SMILES string of the molecule is FC(F)(F)c1cccc(N=NN2CCN(c3ccc(Cl)c(Cl)c3)CC2)c1. The predicted molar refractivity (Wildman–Crippen MR) is 96.2 cm³/mol. The smallest absolute Gasteiger partial charge is 0.368 e. The summed E-state index contributed by atoms with van der Waals surface area (Å²) in [6, 6.07) is 10.3. The molecular weight excluding hydrogens is 388 g/mol. The fourth-order valence-electron chi connectivity index (χ4n) is 2.58. The lowest BCUT2D eigenvalue weighted by molar-refractivity contribution is -0.137. The van der Waals surface area contributed by atoms with Crippen LogP contribution in [0.4, 0.5) is 24.5 Å². The van der Waals surface area contributed by atoms with Crippen molar-refractivity contribution in [2.24, 2.45) is 10.3 Å². The van der Waals surface area contributed by atoms with Crippen molar-refractivity contribution in [1.82, 2.24) is 5.01 Å². The minimum absolute atomic E-state index is 0.173. The van der Waals surface area contributed by atoms with Gasteiger partial charge in [0.2, 0.25) is 0 Å². The lowest BCUT2D eigenvalue weighted by Gasteiger charge is -2.34. The number of benzene rings is 2. The van der Waals surface area contributed by atoms with Crippen LogP contribution >= 0.6 is 23.2 Å². The highest BCUT2D eigenvalue weighted by molar-refractivity contribution is 6.42. The molecule has 2 aromatic carbocycles. The molecule has 2 aromatic rings. The molecule has 0 unspecified atom stereocenters. The highest BCUT2D eigenvalue weighted by Crippen LogP contribution is 2.31. The molecule has 4 nitrogen and oxygen atoms in total. The van der Waals surface area contributed by atoms with E-state index in [1.807, 2.05) is 12.1 Å². The molecule has 1 aliphatic rings. The number of anilines is 1. The van der Waals surface area contributed by atoms with Crippen molar-refractivity contribution in [1.29, 1.82) is 0 Å². The molecule has 0 aliphatic carbocycles. The lowest BCUT2D eigenvalue weighted by Crippen LogP contribution is -2.43. The zero-order valence-electron chi connectivity index (χ0n) is 13.5. The van der Waals surface area contributed by atoms with Gasteiger partial charge < -0.3 is 4.90 Å². The Morgan fingerprint density at radius 1 is 0.885 bits per heavy atom. The van der Waals surface area contributed by atoms with Gasteiger partial charge in [0.1, 0.15) is 0 Å². The Morgan fingerprint density at radius 3 is 2.27 bits per heavy atom. The van der Waals surface area contributed by atoms with Crippen LogP contribution in [0, 0.1) is 0 Å². The van der Waals surface area contributed by atoms with Gasteiger partial charge in [-0.25, -0.2) is 0 Å². The molecule has 1 aliphatic heterocycles. The molecule has 0 spiro atoms. The second kappa shape index (κ2) is 7.72. The Kier molecular flexibility index (Phi) is 5.58. The van der Waals surface area contributed by atoms with Gasteiger partial charge in [-0.3, -0.25) is 5.01 Å². The number of alkyl halides is 3. The second-order valence-electron chi connectivity index (χ2n) is 5.78. The minimum atomic E-state index is -4.39. The highest BCUT2D eigenvalue weighted by atomic mass is 35.5. The Labute approximate surface area is 158 Å². The van der Waals surface area contributed by atoms with Crippen molar-refractivity contribution in [2.45, 2.75) is 6.18 Å². The molecule has 0 aromatic heterocycles. The highest BCUT2D eigenvalue weighted by Gasteiger charge is 2.30. The summed E-state index contributed by atoms with van der Waals surface area (Å²) in [4.78, 5) is 2.14. The maximum absolute atomic E-state index is 12.7. The van der Waals surface area contributed by atoms with E-state index in [0.717, 1.165) is 17.8 Å². The van der Waals surface area contributed by atoms with Crippen molar-refractivity contribution in [2.75, 3.05) is 31.1 Å². The Balaban J connectivity index is 1.60. The van der Waals surface area contributed by atoms with Crippen molar-refractivity contribution >= 4 is 34.6 Å². The fraction of sp³-hybridized carbons (Fsp3) is 0.294. The third-order valence-corrected chi connectivity index (χ3v) is 4.72. The largest absolute Gasteiger partial charge is 0.416 e. The summed E-state index contributed by atoms with van der Waals surface area (Å²) >= 11 is 12.0. The van der Waals surface area contributed by atoms with Gasteiger partial charge in [0.15, 0.2) is 0 Å². The second-order valence-corrected chi connectivity index (χ2v) is 6.59. The molecule has 0 N–H and O–H groups in total. The number of piperazine rings is 1. The monoisotopic (exact) mass is 402 g/mol. The zero-order chi connectivity index (χ0) is 18.7. The Bertz CT molecular complexity index is 803. The summed E-state index contributed by atoms with van der Waals surface area (Å²) in [5.74, 6) is 0. The van der Waals surface area contributed by atoms with E-state index in [4.69, 9.17) is 23.2 Å². The van der Waals surface area contributed by atoms with E-state index < -0.39 is 11.7 Å². The van der Waals surface area contributed by atoms with Crippen LogP contribution in [-0.2, 0) is 6.18 Å². The fourth-order valence-corrected chi connectivity index (χ4v) is 2.88. The summed E-state index contributed by atoms with van der Waals surface area (Å²) in [6.07, 6.45) is -4.39. The van der Waals surface area contributed by atoms with Crippen LogP contribution < -0.4 is 4.90 Å². The molecule has 0 atom stereocenters. The van der Waals surface area contributed by atoms with E-state index in [9.17, 15) is 13.2 Å². The normalized spacial score (nSPS) is 15.7. The third kappa shape index (κ3) is 4.59. The van der Waals surface area contributed by atoms with Gasteiger partial charge in [-0.1, -0.05) is 34.5 Å². The van der Waals surface area contributed by atoms with Crippen LogP contribution in [0.25, 0.3) is 0 Å². The first-order valence-electron chi connectivity index (χ1n) is 7.87. The van der Waals surface area contributed by atoms with E-state index in [1.54, 1.807) is 11.1 Å². The Hall–Kier alpha value is -1.99. The average Bonchev–Trinajstić information content (AvgIpc) is 2.62. The van der Waals surface area contributed by atoms with Crippen LogP contribution in [0.3, 0.4) is 0 Å². The van der Waals surface area contributed by atoms with Crippen LogP contribution in [0.15, 0.2) is 52.8 Å². The van der Waals surface area contributed by atoms with Gasteiger partial charge in [0.25, 0.3) is 0 Å². The first-order chi connectivity index (χ1) is 12.3. The number of rotatable bonds is 3. The quantitative estimate of drug-likeness (QED) is 0.604. The average molecular weight is 403 g/mol. The molecule has 0 saturated carbocycles. The van der Waals surface area contributed by atoms with Crippen molar-refractivity contribution < 1.29 is 13.2 Å². The van der Waals surface area contributed by atoms with Gasteiger partial charge in [0, 0.05) is 18.8 Å². The number of halogens is 5. The molecule has 26 heavy (non-hydrogen) atoms. The summed E-state index contributed by atoms with van der Waals surface area (Å²) in [6.45, 7) is 2.59. The molecule has 0 bridgehead atoms. The van der Waals surface area contributed by atoms with E-state index in [0.29, 0.717) is 36.2 Å². The van der Waals surface area contributed by atoms with E-state index >= 15 is 0 Å². The van der Waals surface area contributed by atoms with Crippen LogP contribution in [0.1, 0.15) is 5.56 Å². The first kappa shape index (κ1) is 18.8. The minimum Gasteiger partial charge on any atom is -0.368 e. The van der Waals surface area contributed by atoms with Crippen LogP contribution in [-0.4, -0.2) is 31.2 Å². The molecule has 138 valence electrons. The van der Waals surface area contributed by atoms with Crippen molar-refractivity contribution in [3.8, 4) is 0 Å². The molecule has 1 heterocycles. The summed E-state index contributed by atoms with van der Waals surface area (Å²) < 4.78 is 38.1. The zero-order valence-corrected chi connectivity index (χ0v) is 15.1. The molecule has 3 rings (SSSR count). The van der Waals surface area contributed by atoms with Gasteiger partial charge in [-0.2, -0.15) is 13.2 Å². The van der Waals surface area contributed by atoms with Gasteiger partial charge in [-0.15, -0.1) is 5.11 Å². The number of nitrogens with zero attached hydrogens (tertiary/aromatic N) is 4. The molecule has 0 amide bonds. The predicted octanol–water partition coefficient (Wildman–Crippen LogP) is 5.83. The van der Waals surface area contributed by atoms with Crippen molar-refractivity contribution in [3.05, 3.63) is 58.1 Å². The van der Waals surface area contributed by atoms with E-state index in [-0.39, 0.29) is 5.69 Å². The van der Waals surface area contributed by atoms with Crippen molar-refractivity contribution in [3.63, 3.8) is 0 Å². The van der Waals surface area contributed by atoms with Gasteiger partial charge in [0.05, 0.1) is 34.4 Å². The third-order valence-electron chi connectivity index (χ3n) is 3.98. The lowest BCUT2D eigenvalue weighted by atomic mass is 10.2. The standard InChI is InChI=1S/C17H15Cl2F3N4/c18-15-5-4-14(11-16(15)19)25-6-8-26(9-7-25)24-23-13-3-1-2-12(10-13)17(20,21)22/h1-5,10-11H,6-9H2. The number of hydrogen-bond donors (Lipinski definition) is 0. The molecule has 0 radical (unpaired) electrons. The summed E-state index contributed by atoms with van der Waals surface area (Å²) in [5.41, 5.74) is 0.402.